The maximum Gasteiger partial charge on any atom is 0.208 e. The van der Waals surface area contributed by atoms with E-state index in [1.54, 1.807) is 0 Å². The molecule has 0 radical (unpaired) electrons. The molecule has 1 fully saturated rings. The van der Waals surface area contributed by atoms with E-state index in [0.29, 0.717) is 6.54 Å². The zero-order chi connectivity index (χ0) is 9.03. The molecule has 0 spiro atoms. The van der Waals surface area contributed by atoms with Crippen molar-refractivity contribution in [2.24, 2.45) is 5.92 Å². The van der Waals surface area contributed by atoms with Crippen LogP contribution in [0.3, 0.4) is 0 Å². The maximum absolute atomic E-state index is 10.6. The van der Waals surface area contributed by atoms with Gasteiger partial charge in [-0.1, -0.05) is 0 Å². The van der Waals surface area contributed by atoms with Crippen molar-refractivity contribution in [2.45, 2.75) is 12.8 Å². The van der Waals surface area contributed by atoms with Crippen molar-refractivity contribution in [1.29, 1.82) is 0 Å². The first-order valence-electron chi connectivity index (χ1n) is 4.23. The van der Waals surface area contributed by atoms with Gasteiger partial charge >= 0.3 is 0 Å². The molecular formula is C7H16N2O2S. The van der Waals surface area contributed by atoms with Gasteiger partial charge in [-0.25, -0.2) is 13.1 Å². The van der Waals surface area contributed by atoms with E-state index in [9.17, 15) is 8.42 Å². The third kappa shape index (κ3) is 4.04. The quantitative estimate of drug-likeness (QED) is 0.579. The number of hydrogen-bond acceptors (Lipinski definition) is 3. The van der Waals surface area contributed by atoms with Crippen LogP contribution in [0.2, 0.25) is 0 Å². The molecule has 1 aliphatic rings. The average Bonchev–Trinajstić information content (AvgIpc) is 1.80. The van der Waals surface area contributed by atoms with Crippen LogP contribution in [0, 0.1) is 5.92 Å². The Morgan fingerprint density at radius 1 is 1.50 bits per heavy atom. The van der Waals surface area contributed by atoms with E-state index in [-0.39, 0.29) is 0 Å². The summed E-state index contributed by atoms with van der Waals surface area (Å²) < 4.78 is 23.7. The summed E-state index contributed by atoms with van der Waals surface area (Å²) in [7, 11) is -2.98. The minimum Gasteiger partial charge on any atom is -0.316 e. The van der Waals surface area contributed by atoms with Crippen molar-refractivity contribution in [3.63, 3.8) is 0 Å². The number of nitrogens with one attached hydrogen (secondary N) is 2. The van der Waals surface area contributed by atoms with E-state index in [2.05, 4.69) is 10.0 Å². The highest BCUT2D eigenvalue weighted by atomic mass is 32.2. The van der Waals surface area contributed by atoms with Crippen LogP contribution in [-0.2, 0) is 10.0 Å². The molecule has 72 valence electrons. The summed E-state index contributed by atoms with van der Waals surface area (Å²) in [5.74, 6) is 0.770. The molecule has 12 heavy (non-hydrogen) atoms. The fraction of sp³-hybridized carbons (Fsp3) is 1.00. The Bertz CT molecular complexity index is 222. The highest BCUT2D eigenvalue weighted by Gasteiger charge is 2.15. The molecule has 0 aromatic heterocycles. The van der Waals surface area contributed by atoms with Gasteiger partial charge in [0.05, 0.1) is 6.26 Å². The fourth-order valence-corrected chi connectivity index (χ4v) is 1.72. The lowest BCUT2D eigenvalue weighted by Gasteiger charge is -2.26. The molecule has 1 heterocycles. The van der Waals surface area contributed by atoms with Gasteiger partial charge in [0, 0.05) is 6.54 Å². The third-order valence-electron chi connectivity index (χ3n) is 2.02. The summed E-state index contributed by atoms with van der Waals surface area (Å²) >= 11 is 0. The van der Waals surface area contributed by atoms with Crippen molar-refractivity contribution >= 4 is 10.0 Å². The lowest BCUT2D eigenvalue weighted by molar-refractivity contribution is 0.321. The minimum atomic E-state index is -2.98. The molecule has 4 nitrogen and oxygen atoms in total. The summed E-state index contributed by atoms with van der Waals surface area (Å²) in [4.78, 5) is 0. The van der Waals surface area contributed by atoms with E-state index in [0.717, 1.165) is 31.8 Å². The SMILES string of the molecule is CS(=O)(=O)NCCCC1CNC1. The highest BCUT2D eigenvalue weighted by Crippen LogP contribution is 2.09. The lowest BCUT2D eigenvalue weighted by Crippen LogP contribution is -2.42. The zero-order valence-corrected chi connectivity index (χ0v) is 8.15. The monoisotopic (exact) mass is 192 g/mol. The van der Waals surface area contributed by atoms with Crippen LogP contribution < -0.4 is 10.0 Å². The topological polar surface area (TPSA) is 58.2 Å². The van der Waals surface area contributed by atoms with Crippen LogP contribution in [-0.4, -0.2) is 34.3 Å². The Morgan fingerprint density at radius 2 is 2.17 bits per heavy atom. The molecule has 1 rings (SSSR count). The summed E-state index contributed by atoms with van der Waals surface area (Å²) in [6, 6.07) is 0. The van der Waals surface area contributed by atoms with Crippen LogP contribution in [0.4, 0.5) is 0 Å². The predicted octanol–water partition coefficient (Wildman–Crippen LogP) is -0.465. The van der Waals surface area contributed by atoms with E-state index < -0.39 is 10.0 Å². The van der Waals surface area contributed by atoms with E-state index in [4.69, 9.17) is 0 Å². The van der Waals surface area contributed by atoms with Crippen LogP contribution in [0.15, 0.2) is 0 Å². The number of hydrogen-bond donors (Lipinski definition) is 2. The fourth-order valence-electron chi connectivity index (χ4n) is 1.20. The number of rotatable bonds is 5. The van der Waals surface area contributed by atoms with Gasteiger partial charge in [-0.3, -0.25) is 0 Å². The summed E-state index contributed by atoms with van der Waals surface area (Å²) in [5, 5.41) is 3.18. The van der Waals surface area contributed by atoms with Gasteiger partial charge in [0.2, 0.25) is 10.0 Å². The highest BCUT2D eigenvalue weighted by molar-refractivity contribution is 7.88. The average molecular weight is 192 g/mol. The molecule has 1 saturated heterocycles. The van der Waals surface area contributed by atoms with Crippen molar-refractivity contribution < 1.29 is 8.42 Å². The maximum atomic E-state index is 10.6. The van der Waals surface area contributed by atoms with E-state index in [1.165, 1.54) is 6.26 Å². The second-order valence-electron chi connectivity index (χ2n) is 3.33. The van der Waals surface area contributed by atoms with Gasteiger partial charge in [-0.2, -0.15) is 0 Å². The van der Waals surface area contributed by atoms with Gasteiger partial charge in [-0.15, -0.1) is 0 Å². The van der Waals surface area contributed by atoms with Gasteiger partial charge < -0.3 is 5.32 Å². The third-order valence-corrected chi connectivity index (χ3v) is 2.75. The Kier molecular flexibility index (Phi) is 3.49. The molecule has 0 unspecified atom stereocenters. The van der Waals surface area contributed by atoms with Crippen molar-refractivity contribution in [2.75, 3.05) is 25.9 Å². The Morgan fingerprint density at radius 3 is 2.58 bits per heavy atom. The van der Waals surface area contributed by atoms with E-state index in [1.807, 2.05) is 0 Å². The first-order valence-corrected chi connectivity index (χ1v) is 6.12. The Labute approximate surface area is 73.8 Å². The van der Waals surface area contributed by atoms with Gasteiger partial charge in [0.25, 0.3) is 0 Å². The smallest absolute Gasteiger partial charge is 0.208 e. The lowest BCUT2D eigenvalue weighted by atomic mass is 9.98. The summed E-state index contributed by atoms with van der Waals surface area (Å²) in [6.07, 6.45) is 3.26. The summed E-state index contributed by atoms with van der Waals surface area (Å²) in [6.45, 7) is 2.77. The second kappa shape index (κ2) is 4.20. The largest absolute Gasteiger partial charge is 0.316 e. The molecule has 1 aliphatic heterocycles. The molecule has 2 N–H and O–H groups in total. The molecule has 0 saturated carbocycles. The Balaban J connectivity index is 1.95. The molecule has 0 atom stereocenters. The van der Waals surface area contributed by atoms with Gasteiger partial charge in [-0.05, 0) is 31.8 Å². The standard InChI is InChI=1S/C7H16N2O2S/c1-12(10,11)9-4-2-3-7-5-8-6-7/h7-9H,2-6H2,1H3. The second-order valence-corrected chi connectivity index (χ2v) is 5.17. The minimum absolute atomic E-state index is 0.579. The summed E-state index contributed by atoms with van der Waals surface area (Å²) in [5.41, 5.74) is 0. The van der Waals surface area contributed by atoms with Crippen LogP contribution in [0.5, 0.6) is 0 Å². The van der Waals surface area contributed by atoms with Crippen molar-refractivity contribution in [3.8, 4) is 0 Å². The predicted molar refractivity (Wildman–Crippen MR) is 48.4 cm³/mol. The van der Waals surface area contributed by atoms with Gasteiger partial charge in [0.15, 0.2) is 0 Å². The number of sulfonamides is 1. The molecule has 0 bridgehead atoms. The van der Waals surface area contributed by atoms with Crippen LogP contribution in [0.1, 0.15) is 12.8 Å². The van der Waals surface area contributed by atoms with Crippen molar-refractivity contribution in [1.82, 2.24) is 10.0 Å². The molecule has 5 heteroatoms. The first kappa shape index (κ1) is 9.95. The molecular weight excluding hydrogens is 176 g/mol. The van der Waals surface area contributed by atoms with Gasteiger partial charge in [0.1, 0.15) is 0 Å². The van der Waals surface area contributed by atoms with Crippen LogP contribution >= 0.6 is 0 Å². The molecule has 0 aromatic carbocycles. The molecule has 0 aliphatic carbocycles. The van der Waals surface area contributed by atoms with E-state index >= 15 is 0 Å². The Hall–Kier alpha value is -0.130. The van der Waals surface area contributed by atoms with Crippen molar-refractivity contribution in [3.05, 3.63) is 0 Å². The zero-order valence-electron chi connectivity index (χ0n) is 7.34. The normalized spacial score (nSPS) is 19.1. The van der Waals surface area contributed by atoms with Crippen LogP contribution in [0.25, 0.3) is 0 Å². The first-order chi connectivity index (χ1) is 5.58. The molecule has 0 aromatic rings. The molecule has 0 amide bonds.